The van der Waals surface area contributed by atoms with Crippen LogP contribution in [0.1, 0.15) is 68.2 Å². The second-order valence-electron chi connectivity index (χ2n) is 8.50. The number of esters is 4. The molecule has 138 valence electrons. The largest absolute Gasteiger partial charge is 0.393 e. The molecule has 0 saturated heterocycles. The minimum atomic E-state index is -0.823. The summed E-state index contributed by atoms with van der Waals surface area (Å²) in [5.74, 6) is -3.57. The summed E-state index contributed by atoms with van der Waals surface area (Å²) in [5.41, 5.74) is -1.63. The van der Waals surface area contributed by atoms with Crippen LogP contribution in [0.25, 0.3) is 0 Å². The molecule has 0 aliphatic rings. The summed E-state index contributed by atoms with van der Waals surface area (Å²) in [4.78, 5) is 47.8. The molecule has 6 nitrogen and oxygen atoms in total. The Morgan fingerprint density at radius 2 is 1.21 bits per heavy atom. The van der Waals surface area contributed by atoms with E-state index in [1.807, 2.05) is 13.8 Å². The van der Waals surface area contributed by atoms with E-state index in [1.165, 1.54) is 0 Å². The Morgan fingerprint density at radius 1 is 0.792 bits per heavy atom. The van der Waals surface area contributed by atoms with E-state index in [4.69, 9.17) is 9.47 Å². The molecule has 0 N–H and O–H groups in total. The van der Waals surface area contributed by atoms with Crippen molar-refractivity contribution >= 4 is 23.9 Å². The quantitative estimate of drug-likeness (QED) is 0.563. The van der Waals surface area contributed by atoms with E-state index in [0.717, 1.165) is 0 Å². The van der Waals surface area contributed by atoms with Crippen molar-refractivity contribution in [3.05, 3.63) is 0 Å². The van der Waals surface area contributed by atoms with E-state index in [2.05, 4.69) is 0 Å². The van der Waals surface area contributed by atoms with Crippen molar-refractivity contribution in [2.75, 3.05) is 0 Å². The lowest BCUT2D eigenvalue weighted by molar-refractivity contribution is -0.173. The highest BCUT2D eigenvalue weighted by Gasteiger charge is 2.33. The lowest BCUT2D eigenvalue weighted by atomic mass is 9.93. The number of ether oxygens (including phenoxy) is 2. The van der Waals surface area contributed by atoms with E-state index in [9.17, 15) is 19.2 Å². The molecule has 0 saturated carbocycles. The lowest BCUT2D eigenvalue weighted by Crippen LogP contribution is -2.32. The Labute approximate surface area is 144 Å². The van der Waals surface area contributed by atoms with Crippen LogP contribution in [-0.2, 0) is 28.7 Å². The van der Waals surface area contributed by atoms with Gasteiger partial charge in [-0.1, -0.05) is 13.8 Å². The van der Waals surface area contributed by atoms with Gasteiger partial charge >= 0.3 is 23.9 Å². The zero-order valence-electron chi connectivity index (χ0n) is 16.0. The van der Waals surface area contributed by atoms with E-state index < -0.39 is 40.6 Å². The minimum absolute atomic E-state index is 0.110. The SMILES string of the molecule is CC(C)CC(CC(=O)OC(=O)C(C)(C)C)C(=O)OC(=O)C(C)(C)C. The van der Waals surface area contributed by atoms with E-state index in [1.54, 1.807) is 41.5 Å². The summed E-state index contributed by atoms with van der Waals surface area (Å²) in [6.45, 7) is 13.6. The molecular weight excluding hydrogens is 312 g/mol. The van der Waals surface area contributed by atoms with Gasteiger partial charge in [-0.25, -0.2) is 0 Å². The molecule has 0 aromatic rings. The normalized spacial score (nSPS) is 13.4. The Bertz CT molecular complexity index is 491. The average Bonchev–Trinajstić information content (AvgIpc) is 2.34. The summed E-state index contributed by atoms with van der Waals surface area (Å²) >= 11 is 0. The first-order chi connectivity index (χ1) is 10.6. The molecule has 1 unspecified atom stereocenters. The highest BCUT2D eigenvalue weighted by atomic mass is 16.6. The van der Waals surface area contributed by atoms with Gasteiger partial charge in [0.05, 0.1) is 23.2 Å². The second kappa shape index (κ2) is 8.40. The summed E-state index contributed by atoms with van der Waals surface area (Å²) < 4.78 is 9.66. The summed E-state index contributed by atoms with van der Waals surface area (Å²) in [7, 11) is 0. The number of carbonyl (C=O) groups excluding carboxylic acids is 4. The molecule has 0 aliphatic heterocycles. The maximum absolute atomic E-state index is 12.2. The van der Waals surface area contributed by atoms with Crippen molar-refractivity contribution in [3.8, 4) is 0 Å². The third kappa shape index (κ3) is 8.22. The molecule has 0 bridgehead atoms. The molecule has 0 radical (unpaired) electrons. The number of hydrogen-bond acceptors (Lipinski definition) is 6. The fourth-order valence-electron chi connectivity index (χ4n) is 1.66. The zero-order chi connectivity index (χ0) is 19.3. The van der Waals surface area contributed by atoms with Gasteiger partial charge in [0.25, 0.3) is 0 Å². The number of carbonyl (C=O) groups is 4. The van der Waals surface area contributed by atoms with Gasteiger partial charge in [0.15, 0.2) is 0 Å². The molecule has 0 aromatic heterocycles. The van der Waals surface area contributed by atoms with Crippen molar-refractivity contribution in [2.24, 2.45) is 22.7 Å². The van der Waals surface area contributed by atoms with Crippen LogP contribution in [0.3, 0.4) is 0 Å². The van der Waals surface area contributed by atoms with Crippen molar-refractivity contribution in [1.82, 2.24) is 0 Å². The van der Waals surface area contributed by atoms with Crippen molar-refractivity contribution in [1.29, 1.82) is 0 Å². The van der Waals surface area contributed by atoms with Crippen molar-refractivity contribution < 1.29 is 28.7 Å². The van der Waals surface area contributed by atoms with E-state index in [0.29, 0.717) is 6.42 Å². The Hall–Kier alpha value is -1.72. The molecule has 6 heteroatoms. The topological polar surface area (TPSA) is 86.7 Å². The lowest BCUT2D eigenvalue weighted by Gasteiger charge is -2.21. The molecule has 0 aliphatic carbocycles. The summed E-state index contributed by atoms with van der Waals surface area (Å²) in [6, 6.07) is 0. The molecule has 0 heterocycles. The van der Waals surface area contributed by atoms with Crippen LogP contribution in [0.5, 0.6) is 0 Å². The predicted octanol–water partition coefficient (Wildman–Crippen LogP) is 3.27. The molecule has 0 fully saturated rings. The van der Waals surface area contributed by atoms with Crippen molar-refractivity contribution in [2.45, 2.75) is 68.2 Å². The van der Waals surface area contributed by atoms with Gasteiger partial charge in [0.2, 0.25) is 0 Å². The smallest absolute Gasteiger partial charge is 0.318 e. The molecular formula is C18H30O6. The zero-order valence-corrected chi connectivity index (χ0v) is 16.0. The van der Waals surface area contributed by atoms with Gasteiger partial charge < -0.3 is 9.47 Å². The molecule has 1 atom stereocenters. The maximum Gasteiger partial charge on any atom is 0.318 e. The van der Waals surface area contributed by atoms with Crippen LogP contribution in [-0.4, -0.2) is 23.9 Å². The first kappa shape index (κ1) is 22.3. The fourth-order valence-corrected chi connectivity index (χ4v) is 1.66. The van der Waals surface area contributed by atoms with Gasteiger partial charge in [-0.2, -0.15) is 0 Å². The third-order valence-electron chi connectivity index (χ3n) is 3.13. The molecule has 0 spiro atoms. The summed E-state index contributed by atoms with van der Waals surface area (Å²) in [5, 5.41) is 0. The van der Waals surface area contributed by atoms with Crippen LogP contribution >= 0.6 is 0 Å². The molecule has 0 amide bonds. The van der Waals surface area contributed by atoms with Crippen molar-refractivity contribution in [3.63, 3.8) is 0 Å². The van der Waals surface area contributed by atoms with Crippen LogP contribution in [0.2, 0.25) is 0 Å². The number of hydrogen-bond donors (Lipinski definition) is 0. The Kier molecular flexibility index (Phi) is 7.80. The Balaban J connectivity index is 4.95. The third-order valence-corrected chi connectivity index (χ3v) is 3.13. The fraction of sp³-hybridized carbons (Fsp3) is 0.778. The standard InChI is InChI=1S/C18H30O6/c1-11(2)9-12(14(20)24-16(22)18(6,7)8)10-13(19)23-15(21)17(3,4)5/h11-12H,9-10H2,1-8H3. The van der Waals surface area contributed by atoms with Crippen LogP contribution in [0.15, 0.2) is 0 Å². The molecule has 0 rings (SSSR count). The van der Waals surface area contributed by atoms with E-state index >= 15 is 0 Å². The highest BCUT2D eigenvalue weighted by molar-refractivity contribution is 5.93. The molecule has 0 aromatic carbocycles. The first-order valence-electron chi connectivity index (χ1n) is 8.15. The molecule has 24 heavy (non-hydrogen) atoms. The predicted molar refractivity (Wildman–Crippen MR) is 88.7 cm³/mol. The monoisotopic (exact) mass is 342 g/mol. The Morgan fingerprint density at radius 3 is 1.58 bits per heavy atom. The van der Waals surface area contributed by atoms with Gasteiger partial charge in [-0.05, 0) is 53.9 Å². The number of rotatable bonds is 5. The summed E-state index contributed by atoms with van der Waals surface area (Å²) in [6.07, 6.45) is 0.0608. The minimum Gasteiger partial charge on any atom is -0.393 e. The van der Waals surface area contributed by atoms with Crippen LogP contribution in [0.4, 0.5) is 0 Å². The second-order valence-corrected chi connectivity index (χ2v) is 8.50. The maximum atomic E-state index is 12.2. The average molecular weight is 342 g/mol. The highest BCUT2D eigenvalue weighted by Crippen LogP contribution is 2.22. The van der Waals surface area contributed by atoms with Gasteiger partial charge in [-0.15, -0.1) is 0 Å². The van der Waals surface area contributed by atoms with Gasteiger partial charge in [-0.3, -0.25) is 19.2 Å². The van der Waals surface area contributed by atoms with Gasteiger partial charge in [0, 0.05) is 0 Å². The van der Waals surface area contributed by atoms with E-state index in [-0.39, 0.29) is 12.3 Å². The first-order valence-corrected chi connectivity index (χ1v) is 8.15. The van der Waals surface area contributed by atoms with Gasteiger partial charge in [0.1, 0.15) is 0 Å². The van der Waals surface area contributed by atoms with Crippen LogP contribution < -0.4 is 0 Å². The van der Waals surface area contributed by atoms with Crippen LogP contribution in [0, 0.1) is 22.7 Å².